The first-order valence-electron chi connectivity index (χ1n) is 11.6. The second-order valence-corrected chi connectivity index (χ2v) is 9.01. The average Bonchev–Trinajstić information content (AvgIpc) is 3.42. The molecule has 8 aromatic rings. The van der Waals surface area contributed by atoms with Gasteiger partial charge in [0.2, 0.25) is 0 Å². The highest BCUT2D eigenvalue weighted by Crippen LogP contribution is 2.41. The van der Waals surface area contributed by atoms with Crippen LogP contribution in [0.5, 0.6) is 0 Å². The van der Waals surface area contributed by atoms with Gasteiger partial charge in [-0.25, -0.2) is 0 Å². The molecule has 0 atom stereocenters. The van der Waals surface area contributed by atoms with Gasteiger partial charge in [0.15, 0.2) is 0 Å². The molecule has 2 aromatic heterocycles. The minimum absolute atomic E-state index is 0.919. The molecule has 2 heteroatoms. The Balaban J connectivity index is 1.60. The second kappa shape index (κ2) is 6.49. The van der Waals surface area contributed by atoms with Gasteiger partial charge in [-0.15, -0.1) is 0 Å². The van der Waals surface area contributed by atoms with Crippen molar-refractivity contribution in [2.45, 2.75) is 0 Å². The standard InChI is InChI=1S/C32H19NO/c1-2-9-22-17-23(15-13-20(22)7-1)33-28-16-14-21-8-3-4-10-24(21)32(28)27-18-26-25-11-5-6-12-30(25)34-31(26)19-29(27)33/h1-19H. The Morgan fingerprint density at radius 3 is 2.09 bits per heavy atom. The lowest BCUT2D eigenvalue weighted by molar-refractivity contribution is 0.669. The molecule has 0 aliphatic rings. The second-order valence-electron chi connectivity index (χ2n) is 9.01. The lowest BCUT2D eigenvalue weighted by atomic mass is 10.0. The Morgan fingerprint density at radius 1 is 0.441 bits per heavy atom. The maximum absolute atomic E-state index is 6.29. The van der Waals surface area contributed by atoms with E-state index in [4.69, 9.17) is 4.42 Å². The van der Waals surface area contributed by atoms with Crippen LogP contribution in [0.15, 0.2) is 120 Å². The predicted molar refractivity (Wildman–Crippen MR) is 143 cm³/mol. The molecule has 158 valence electrons. The van der Waals surface area contributed by atoms with Gasteiger partial charge in [-0.1, -0.05) is 78.9 Å². The number of hydrogen-bond acceptors (Lipinski definition) is 1. The summed E-state index contributed by atoms with van der Waals surface area (Å²) in [5.41, 5.74) is 5.37. The minimum Gasteiger partial charge on any atom is -0.456 e. The van der Waals surface area contributed by atoms with E-state index in [0.29, 0.717) is 0 Å². The summed E-state index contributed by atoms with van der Waals surface area (Å²) in [6.45, 7) is 0. The van der Waals surface area contributed by atoms with Crippen LogP contribution < -0.4 is 0 Å². The Morgan fingerprint density at radius 2 is 1.18 bits per heavy atom. The van der Waals surface area contributed by atoms with Crippen LogP contribution in [0.25, 0.3) is 71.0 Å². The monoisotopic (exact) mass is 433 g/mol. The van der Waals surface area contributed by atoms with Gasteiger partial charge in [-0.3, -0.25) is 0 Å². The van der Waals surface area contributed by atoms with Crippen molar-refractivity contribution in [3.05, 3.63) is 115 Å². The molecule has 0 bridgehead atoms. The fraction of sp³-hybridized carbons (Fsp3) is 0. The van der Waals surface area contributed by atoms with Gasteiger partial charge < -0.3 is 8.98 Å². The van der Waals surface area contributed by atoms with Gasteiger partial charge in [-0.2, -0.15) is 0 Å². The van der Waals surface area contributed by atoms with Crippen molar-refractivity contribution < 1.29 is 4.42 Å². The highest BCUT2D eigenvalue weighted by Gasteiger charge is 2.18. The SMILES string of the molecule is c1ccc2cc(-n3c4cc5oc6ccccc6c5cc4c4c5ccccc5ccc43)ccc2c1. The summed E-state index contributed by atoms with van der Waals surface area (Å²) in [6.07, 6.45) is 0. The third kappa shape index (κ3) is 2.35. The third-order valence-corrected chi connectivity index (χ3v) is 7.14. The molecule has 0 amide bonds. The van der Waals surface area contributed by atoms with Crippen molar-refractivity contribution >= 4 is 65.3 Å². The molecule has 0 aliphatic carbocycles. The number of aromatic nitrogens is 1. The van der Waals surface area contributed by atoms with E-state index in [-0.39, 0.29) is 0 Å². The zero-order valence-corrected chi connectivity index (χ0v) is 18.3. The lowest BCUT2D eigenvalue weighted by Crippen LogP contribution is -1.93. The maximum atomic E-state index is 6.29. The zero-order valence-electron chi connectivity index (χ0n) is 18.3. The van der Waals surface area contributed by atoms with Crippen molar-refractivity contribution in [2.75, 3.05) is 0 Å². The topological polar surface area (TPSA) is 18.1 Å². The molecular weight excluding hydrogens is 414 g/mol. The molecule has 0 N–H and O–H groups in total. The molecule has 8 rings (SSSR count). The first kappa shape index (κ1) is 17.9. The van der Waals surface area contributed by atoms with Crippen molar-refractivity contribution in [3.63, 3.8) is 0 Å². The van der Waals surface area contributed by atoms with E-state index < -0.39 is 0 Å². The molecule has 0 spiro atoms. The summed E-state index contributed by atoms with van der Waals surface area (Å²) in [6, 6.07) is 41.2. The summed E-state index contributed by atoms with van der Waals surface area (Å²) in [5, 5.41) is 9.87. The highest BCUT2D eigenvalue weighted by atomic mass is 16.3. The largest absolute Gasteiger partial charge is 0.456 e. The predicted octanol–water partition coefficient (Wildman–Crippen LogP) is 8.99. The Kier molecular flexibility index (Phi) is 3.42. The number of nitrogens with zero attached hydrogens (tertiary/aromatic N) is 1. The van der Waals surface area contributed by atoms with Crippen LogP contribution in [-0.4, -0.2) is 4.57 Å². The Bertz CT molecular complexity index is 2070. The molecule has 2 nitrogen and oxygen atoms in total. The van der Waals surface area contributed by atoms with Crippen LogP contribution >= 0.6 is 0 Å². The highest BCUT2D eigenvalue weighted by molar-refractivity contribution is 6.24. The van der Waals surface area contributed by atoms with E-state index in [0.717, 1.165) is 33.1 Å². The first-order valence-corrected chi connectivity index (χ1v) is 11.6. The van der Waals surface area contributed by atoms with E-state index in [2.05, 4.69) is 108 Å². The van der Waals surface area contributed by atoms with Crippen molar-refractivity contribution in [1.82, 2.24) is 4.57 Å². The van der Waals surface area contributed by atoms with Crippen LogP contribution in [0.1, 0.15) is 0 Å². The van der Waals surface area contributed by atoms with Crippen molar-refractivity contribution in [1.29, 1.82) is 0 Å². The third-order valence-electron chi connectivity index (χ3n) is 7.14. The maximum Gasteiger partial charge on any atom is 0.137 e. The van der Waals surface area contributed by atoms with Gasteiger partial charge in [0.25, 0.3) is 0 Å². The molecule has 34 heavy (non-hydrogen) atoms. The average molecular weight is 434 g/mol. The zero-order chi connectivity index (χ0) is 22.2. The van der Waals surface area contributed by atoms with Crippen LogP contribution in [0.4, 0.5) is 0 Å². The van der Waals surface area contributed by atoms with Crippen LogP contribution in [0.3, 0.4) is 0 Å². The fourth-order valence-electron chi connectivity index (χ4n) is 5.60. The summed E-state index contributed by atoms with van der Waals surface area (Å²) in [7, 11) is 0. The Hall–Kier alpha value is -4.56. The van der Waals surface area contributed by atoms with Crippen molar-refractivity contribution in [3.8, 4) is 5.69 Å². The molecule has 0 radical (unpaired) electrons. The summed E-state index contributed by atoms with van der Waals surface area (Å²) in [5.74, 6) is 0. The fourth-order valence-corrected chi connectivity index (χ4v) is 5.60. The molecule has 0 saturated heterocycles. The van der Waals surface area contributed by atoms with E-state index in [1.165, 1.54) is 37.8 Å². The molecule has 0 fully saturated rings. The number of para-hydroxylation sites is 1. The molecular formula is C32H19NO. The van der Waals surface area contributed by atoms with Gasteiger partial charge in [0.1, 0.15) is 11.2 Å². The summed E-state index contributed by atoms with van der Waals surface area (Å²) < 4.78 is 8.68. The smallest absolute Gasteiger partial charge is 0.137 e. The minimum atomic E-state index is 0.919. The van der Waals surface area contributed by atoms with E-state index >= 15 is 0 Å². The van der Waals surface area contributed by atoms with Gasteiger partial charge in [0.05, 0.1) is 11.0 Å². The number of furan rings is 1. The first-order chi connectivity index (χ1) is 16.8. The number of benzene rings is 6. The molecule has 0 aliphatic heterocycles. The molecule has 0 saturated carbocycles. The molecule has 2 heterocycles. The number of rotatable bonds is 1. The van der Waals surface area contributed by atoms with Crippen LogP contribution in [0.2, 0.25) is 0 Å². The normalized spacial score (nSPS) is 12.1. The summed E-state index contributed by atoms with van der Waals surface area (Å²) >= 11 is 0. The lowest BCUT2D eigenvalue weighted by Gasteiger charge is -2.10. The Labute approximate surface area is 195 Å². The number of hydrogen-bond donors (Lipinski definition) is 0. The van der Waals surface area contributed by atoms with Gasteiger partial charge >= 0.3 is 0 Å². The van der Waals surface area contributed by atoms with E-state index in [1.807, 2.05) is 12.1 Å². The van der Waals surface area contributed by atoms with Crippen molar-refractivity contribution in [2.24, 2.45) is 0 Å². The van der Waals surface area contributed by atoms with Crippen LogP contribution in [0, 0.1) is 0 Å². The van der Waals surface area contributed by atoms with Gasteiger partial charge in [-0.05, 0) is 51.9 Å². The molecule has 0 unspecified atom stereocenters. The molecule has 6 aromatic carbocycles. The van der Waals surface area contributed by atoms with E-state index in [9.17, 15) is 0 Å². The van der Waals surface area contributed by atoms with E-state index in [1.54, 1.807) is 0 Å². The summed E-state index contributed by atoms with van der Waals surface area (Å²) in [4.78, 5) is 0. The number of fused-ring (bicyclic) bond motifs is 9. The van der Waals surface area contributed by atoms with Gasteiger partial charge in [0, 0.05) is 33.3 Å². The quantitative estimate of drug-likeness (QED) is 0.253. The van der Waals surface area contributed by atoms with Crippen LogP contribution in [-0.2, 0) is 0 Å².